The molecular formula is C11H15F3N2OS2. The number of aromatic nitrogens is 1. The van der Waals surface area contributed by atoms with Crippen molar-refractivity contribution in [1.29, 1.82) is 0 Å². The van der Waals surface area contributed by atoms with E-state index in [9.17, 15) is 13.2 Å². The zero-order valence-corrected chi connectivity index (χ0v) is 12.1. The van der Waals surface area contributed by atoms with E-state index in [0.29, 0.717) is 23.9 Å². The summed E-state index contributed by atoms with van der Waals surface area (Å²) in [5.74, 6) is 1.56. The van der Waals surface area contributed by atoms with Crippen LogP contribution in [0.1, 0.15) is 28.6 Å². The lowest BCUT2D eigenvalue weighted by Crippen LogP contribution is -2.17. The van der Waals surface area contributed by atoms with Crippen molar-refractivity contribution in [1.82, 2.24) is 10.3 Å². The first-order chi connectivity index (χ1) is 9.02. The van der Waals surface area contributed by atoms with Gasteiger partial charge in [0.05, 0.1) is 11.5 Å². The van der Waals surface area contributed by atoms with Gasteiger partial charge in [0, 0.05) is 18.1 Å². The Morgan fingerprint density at radius 1 is 1.47 bits per heavy atom. The number of hydrogen-bond acceptors (Lipinski definition) is 5. The molecule has 0 bridgehead atoms. The van der Waals surface area contributed by atoms with E-state index in [1.54, 1.807) is 11.8 Å². The molecule has 1 N–H and O–H groups in total. The highest BCUT2D eigenvalue weighted by Gasteiger charge is 2.38. The maximum atomic E-state index is 12.9. The number of hydrogen-bond donors (Lipinski definition) is 1. The standard InChI is InChI=1S/C11H15F3N2OS2/c1-2-15-5-8-9(11(12,13)14)16-10(19-8)7-6-18-4-3-17-7/h7,15H,2-6H2,1H3. The second-order valence-electron chi connectivity index (χ2n) is 4.04. The van der Waals surface area contributed by atoms with Crippen LogP contribution in [0.4, 0.5) is 13.2 Å². The summed E-state index contributed by atoms with van der Waals surface area (Å²) < 4.78 is 44.3. The molecule has 0 saturated carbocycles. The van der Waals surface area contributed by atoms with E-state index < -0.39 is 11.9 Å². The van der Waals surface area contributed by atoms with Crippen LogP contribution in [0.3, 0.4) is 0 Å². The lowest BCUT2D eigenvalue weighted by molar-refractivity contribution is -0.141. The average molecular weight is 312 g/mol. The Bertz CT molecular complexity index is 417. The van der Waals surface area contributed by atoms with Crippen LogP contribution >= 0.6 is 23.1 Å². The summed E-state index contributed by atoms with van der Waals surface area (Å²) in [6.45, 7) is 3.25. The van der Waals surface area contributed by atoms with Crippen molar-refractivity contribution >= 4 is 23.1 Å². The molecule has 1 atom stereocenters. The summed E-state index contributed by atoms with van der Waals surface area (Å²) in [4.78, 5) is 4.01. The Morgan fingerprint density at radius 2 is 2.26 bits per heavy atom. The van der Waals surface area contributed by atoms with Gasteiger partial charge in [-0.15, -0.1) is 11.3 Å². The van der Waals surface area contributed by atoms with Gasteiger partial charge in [-0.25, -0.2) is 4.98 Å². The number of thiazole rings is 1. The molecule has 108 valence electrons. The van der Waals surface area contributed by atoms with E-state index >= 15 is 0 Å². The van der Waals surface area contributed by atoms with E-state index in [4.69, 9.17) is 4.74 Å². The molecular weight excluding hydrogens is 297 g/mol. The molecule has 19 heavy (non-hydrogen) atoms. The van der Waals surface area contributed by atoms with Gasteiger partial charge in [0.15, 0.2) is 5.69 Å². The maximum absolute atomic E-state index is 12.9. The van der Waals surface area contributed by atoms with Gasteiger partial charge >= 0.3 is 6.18 Å². The van der Waals surface area contributed by atoms with Gasteiger partial charge in [0.2, 0.25) is 0 Å². The number of thioether (sulfide) groups is 1. The third-order valence-corrected chi connectivity index (χ3v) is 4.75. The molecule has 3 nitrogen and oxygen atoms in total. The first kappa shape index (κ1) is 15.1. The predicted molar refractivity (Wildman–Crippen MR) is 70.5 cm³/mol. The van der Waals surface area contributed by atoms with Crippen LogP contribution < -0.4 is 5.32 Å². The van der Waals surface area contributed by atoms with Crippen molar-refractivity contribution in [3.63, 3.8) is 0 Å². The zero-order valence-electron chi connectivity index (χ0n) is 10.4. The molecule has 1 aromatic heterocycles. The molecule has 0 spiro atoms. The van der Waals surface area contributed by atoms with Crippen LogP contribution in [0.15, 0.2) is 0 Å². The molecule has 0 amide bonds. The molecule has 2 rings (SSSR count). The minimum Gasteiger partial charge on any atom is -0.369 e. The van der Waals surface area contributed by atoms with Crippen molar-refractivity contribution in [2.75, 3.05) is 24.7 Å². The van der Waals surface area contributed by atoms with Crippen molar-refractivity contribution in [3.8, 4) is 0 Å². The van der Waals surface area contributed by atoms with Crippen LogP contribution in [0.25, 0.3) is 0 Å². The van der Waals surface area contributed by atoms with Gasteiger partial charge in [-0.1, -0.05) is 6.92 Å². The van der Waals surface area contributed by atoms with Crippen LogP contribution in [0.2, 0.25) is 0 Å². The summed E-state index contributed by atoms with van der Waals surface area (Å²) in [5, 5.41) is 3.36. The summed E-state index contributed by atoms with van der Waals surface area (Å²) in [6.07, 6.45) is -4.71. The molecule has 0 aliphatic carbocycles. The summed E-state index contributed by atoms with van der Waals surface area (Å²) in [7, 11) is 0. The van der Waals surface area contributed by atoms with Crippen molar-refractivity contribution in [2.45, 2.75) is 25.7 Å². The highest BCUT2D eigenvalue weighted by atomic mass is 32.2. The normalized spacial score (nSPS) is 20.7. The minimum atomic E-state index is -4.40. The molecule has 1 unspecified atom stereocenters. The minimum absolute atomic E-state index is 0.197. The first-order valence-corrected chi connectivity index (χ1v) is 7.96. The van der Waals surface area contributed by atoms with E-state index in [2.05, 4.69) is 10.3 Å². The third-order valence-electron chi connectivity index (χ3n) is 2.61. The molecule has 2 heterocycles. The number of halogens is 3. The van der Waals surface area contributed by atoms with Gasteiger partial charge in [0.25, 0.3) is 0 Å². The van der Waals surface area contributed by atoms with E-state index in [-0.39, 0.29) is 17.5 Å². The summed E-state index contributed by atoms with van der Waals surface area (Å²) >= 11 is 2.78. The van der Waals surface area contributed by atoms with Gasteiger partial charge in [0.1, 0.15) is 11.1 Å². The number of nitrogens with zero attached hydrogens (tertiary/aromatic N) is 1. The van der Waals surface area contributed by atoms with Crippen LogP contribution in [0, 0.1) is 0 Å². The van der Waals surface area contributed by atoms with Gasteiger partial charge < -0.3 is 10.1 Å². The molecule has 0 aromatic carbocycles. The quantitative estimate of drug-likeness (QED) is 0.926. The maximum Gasteiger partial charge on any atom is 0.434 e. The monoisotopic (exact) mass is 312 g/mol. The Kier molecular flexibility index (Phi) is 5.10. The molecule has 8 heteroatoms. The average Bonchev–Trinajstić information content (AvgIpc) is 2.81. The Labute approximate surface area is 117 Å². The molecule has 1 aliphatic heterocycles. The number of nitrogens with one attached hydrogen (secondary N) is 1. The molecule has 0 radical (unpaired) electrons. The first-order valence-electron chi connectivity index (χ1n) is 5.99. The lowest BCUT2D eigenvalue weighted by Gasteiger charge is -2.19. The van der Waals surface area contributed by atoms with Crippen molar-refractivity contribution in [2.24, 2.45) is 0 Å². The lowest BCUT2D eigenvalue weighted by atomic mass is 10.3. The Balaban J connectivity index is 2.22. The van der Waals surface area contributed by atoms with Gasteiger partial charge in [-0.2, -0.15) is 24.9 Å². The second-order valence-corrected chi connectivity index (χ2v) is 6.30. The number of rotatable bonds is 4. The van der Waals surface area contributed by atoms with E-state index in [0.717, 1.165) is 17.1 Å². The predicted octanol–water partition coefficient (Wildman–Crippen LogP) is 3.08. The highest BCUT2D eigenvalue weighted by Crippen LogP contribution is 2.38. The third kappa shape index (κ3) is 3.84. The van der Waals surface area contributed by atoms with Crippen LogP contribution in [-0.4, -0.2) is 29.6 Å². The van der Waals surface area contributed by atoms with Crippen molar-refractivity contribution < 1.29 is 17.9 Å². The summed E-state index contributed by atoms with van der Waals surface area (Å²) in [6, 6.07) is 0. The number of ether oxygens (including phenoxy) is 1. The van der Waals surface area contributed by atoms with E-state index in [1.807, 2.05) is 6.92 Å². The largest absolute Gasteiger partial charge is 0.434 e. The fraction of sp³-hybridized carbons (Fsp3) is 0.727. The number of alkyl halides is 3. The van der Waals surface area contributed by atoms with Gasteiger partial charge in [-0.3, -0.25) is 0 Å². The molecule has 1 aromatic rings. The fourth-order valence-electron chi connectivity index (χ4n) is 1.72. The second kappa shape index (κ2) is 6.43. The topological polar surface area (TPSA) is 34.1 Å². The highest BCUT2D eigenvalue weighted by molar-refractivity contribution is 7.99. The zero-order chi connectivity index (χ0) is 13.9. The van der Waals surface area contributed by atoms with E-state index in [1.165, 1.54) is 0 Å². The Morgan fingerprint density at radius 3 is 2.84 bits per heavy atom. The smallest absolute Gasteiger partial charge is 0.369 e. The van der Waals surface area contributed by atoms with Crippen LogP contribution in [-0.2, 0) is 17.5 Å². The molecule has 1 fully saturated rings. The summed E-state index contributed by atoms with van der Waals surface area (Å²) in [5.41, 5.74) is -0.771. The van der Waals surface area contributed by atoms with Crippen molar-refractivity contribution in [3.05, 3.63) is 15.6 Å². The van der Waals surface area contributed by atoms with Gasteiger partial charge in [-0.05, 0) is 6.54 Å². The SMILES string of the molecule is CCNCc1sc(C2CSCCO2)nc1C(F)(F)F. The molecule has 1 aliphatic rings. The Hall–Kier alpha value is -0.310. The van der Waals surface area contributed by atoms with Crippen LogP contribution in [0.5, 0.6) is 0 Å². The fourth-order valence-corrected chi connectivity index (χ4v) is 3.78. The molecule has 1 saturated heterocycles.